The first kappa shape index (κ1) is 20.2. The lowest BCUT2D eigenvalue weighted by Gasteiger charge is -2.10. The highest BCUT2D eigenvalue weighted by Gasteiger charge is 2.27. The van der Waals surface area contributed by atoms with E-state index in [0.717, 1.165) is 23.5 Å². The number of carbonyl (C=O) groups excluding carboxylic acids is 2. The Morgan fingerprint density at radius 3 is 2.63 bits per heavy atom. The molecule has 4 rings (SSSR count). The number of aromatic nitrogens is 4. The third-order valence-electron chi connectivity index (χ3n) is 4.65. The molecule has 0 aliphatic heterocycles. The molecule has 3 N–H and O–H groups in total. The number of nitrogens with one attached hydrogen (secondary N) is 3. The average molecular weight is 426 g/mol. The summed E-state index contributed by atoms with van der Waals surface area (Å²) >= 11 is 1.57. The van der Waals surface area contributed by atoms with Gasteiger partial charge in [-0.15, -0.1) is 16.4 Å². The van der Waals surface area contributed by atoms with Gasteiger partial charge in [-0.3, -0.25) is 9.59 Å². The smallest absolute Gasteiger partial charge is 0.274 e. The Morgan fingerprint density at radius 1 is 1.17 bits per heavy atom. The van der Waals surface area contributed by atoms with E-state index in [-0.39, 0.29) is 17.9 Å². The Bertz CT molecular complexity index is 1010. The van der Waals surface area contributed by atoms with Crippen LogP contribution in [0.5, 0.6) is 0 Å². The molecule has 2 heterocycles. The van der Waals surface area contributed by atoms with E-state index in [1.807, 2.05) is 12.3 Å². The zero-order valence-electron chi connectivity index (χ0n) is 16.6. The van der Waals surface area contributed by atoms with Crippen LogP contribution in [-0.2, 0) is 13.1 Å². The van der Waals surface area contributed by atoms with Gasteiger partial charge in [0.05, 0.1) is 11.4 Å². The van der Waals surface area contributed by atoms with Gasteiger partial charge in [-0.25, -0.2) is 9.67 Å². The molecule has 0 unspecified atom stereocenters. The van der Waals surface area contributed by atoms with E-state index in [1.165, 1.54) is 0 Å². The third-order valence-corrected chi connectivity index (χ3v) is 5.43. The van der Waals surface area contributed by atoms with Crippen LogP contribution >= 0.6 is 11.3 Å². The largest absolute Gasteiger partial charge is 0.352 e. The van der Waals surface area contributed by atoms with Crippen LogP contribution in [0.2, 0.25) is 0 Å². The van der Waals surface area contributed by atoms with Gasteiger partial charge in [-0.1, -0.05) is 5.21 Å². The van der Waals surface area contributed by atoms with Crippen LogP contribution in [0.15, 0.2) is 35.8 Å². The van der Waals surface area contributed by atoms with Crippen molar-refractivity contribution >= 4 is 23.2 Å². The first-order chi connectivity index (χ1) is 14.7. The van der Waals surface area contributed by atoms with Gasteiger partial charge < -0.3 is 16.0 Å². The lowest BCUT2D eigenvalue weighted by Crippen LogP contribution is -2.28. The molecule has 156 valence electrons. The van der Waals surface area contributed by atoms with E-state index in [9.17, 15) is 9.59 Å². The normalized spacial score (nSPS) is 13.2. The summed E-state index contributed by atoms with van der Waals surface area (Å²) in [6.07, 6.45) is 3.76. The molecule has 2 amide bonds. The molecule has 1 fully saturated rings. The van der Waals surface area contributed by atoms with E-state index < -0.39 is 0 Å². The van der Waals surface area contributed by atoms with E-state index in [4.69, 9.17) is 0 Å². The molecule has 1 saturated carbocycles. The Labute approximate surface area is 177 Å². The number of carbonyl (C=O) groups is 2. The molecule has 0 atom stereocenters. The molecule has 3 aromatic rings. The lowest BCUT2D eigenvalue weighted by atomic mass is 10.2. The van der Waals surface area contributed by atoms with Crippen molar-refractivity contribution in [1.29, 1.82) is 0 Å². The minimum Gasteiger partial charge on any atom is -0.352 e. The fourth-order valence-electron chi connectivity index (χ4n) is 2.97. The number of hydrogen-bond acceptors (Lipinski definition) is 7. The molecule has 10 heteroatoms. The van der Waals surface area contributed by atoms with Crippen LogP contribution in [0.25, 0.3) is 5.69 Å². The molecular formula is C20H23N7O2S. The Morgan fingerprint density at radius 2 is 1.97 bits per heavy atom. The molecule has 1 aliphatic carbocycles. The molecule has 0 radical (unpaired) electrons. The summed E-state index contributed by atoms with van der Waals surface area (Å²) in [4.78, 5) is 28.9. The zero-order chi connectivity index (χ0) is 20.9. The van der Waals surface area contributed by atoms with Crippen molar-refractivity contribution in [1.82, 2.24) is 35.9 Å². The minimum atomic E-state index is -0.214. The highest BCUT2D eigenvalue weighted by molar-refractivity contribution is 7.09. The van der Waals surface area contributed by atoms with Crippen LogP contribution in [0.3, 0.4) is 0 Å². The van der Waals surface area contributed by atoms with E-state index in [0.29, 0.717) is 36.6 Å². The first-order valence-electron chi connectivity index (χ1n) is 9.89. The summed E-state index contributed by atoms with van der Waals surface area (Å²) in [7, 11) is 0. The van der Waals surface area contributed by atoms with E-state index in [1.54, 1.807) is 46.5 Å². The van der Waals surface area contributed by atoms with Crippen molar-refractivity contribution in [2.24, 2.45) is 0 Å². The fraction of sp³-hybridized carbons (Fsp3) is 0.350. The number of nitrogens with zero attached hydrogens (tertiary/aromatic N) is 4. The summed E-state index contributed by atoms with van der Waals surface area (Å²) in [5.74, 6) is -0.341. The molecule has 2 aromatic heterocycles. The summed E-state index contributed by atoms with van der Waals surface area (Å²) < 4.78 is 1.64. The predicted octanol–water partition coefficient (Wildman–Crippen LogP) is 1.66. The number of thiazole rings is 1. The van der Waals surface area contributed by atoms with Crippen LogP contribution in [0, 0.1) is 0 Å². The van der Waals surface area contributed by atoms with Gasteiger partial charge in [-0.2, -0.15) is 0 Å². The van der Waals surface area contributed by atoms with Crippen molar-refractivity contribution in [3.8, 4) is 5.69 Å². The molecule has 1 aromatic carbocycles. The summed E-state index contributed by atoms with van der Waals surface area (Å²) in [6.45, 7) is 3.43. The van der Waals surface area contributed by atoms with Crippen LogP contribution in [0.4, 0.5) is 0 Å². The minimum absolute atomic E-state index is 0.127. The average Bonchev–Trinajstić information content (AvgIpc) is 3.24. The monoisotopic (exact) mass is 425 g/mol. The Kier molecular flexibility index (Phi) is 6.15. The number of rotatable bonds is 9. The summed E-state index contributed by atoms with van der Waals surface area (Å²) in [5.41, 5.74) is 2.26. The van der Waals surface area contributed by atoms with Gasteiger partial charge in [0.15, 0.2) is 5.69 Å². The fourth-order valence-corrected chi connectivity index (χ4v) is 3.56. The summed E-state index contributed by atoms with van der Waals surface area (Å²) in [5, 5.41) is 20.3. The van der Waals surface area contributed by atoms with Gasteiger partial charge in [0, 0.05) is 42.8 Å². The van der Waals surface area contributed by atoms with Crippen LogP contribution in [-0.4, -0.2) is 44.4 Å². The maximum absolute atomic E-state index is 12.6. The SMILES string of the molecule is CCNC(=O)c1ccc(-n2nnc(C(=O)NC3CC3)c2CNCc2nccs2)cc1. The number of hydrogen-bond donors (Lipinski definition) is 3. The van der Waals surface area contributed by atoms with Gasteiger partial charge in [0.2, 0.25) is 0 Å². The molecule has 30 heavy (non-hydrogen) atoms. The van der Waals surface area contributed by atoms with Crippen molar-refractivity contribution in [3.63, 3.8) is 0 Å². The standard InChI is InChI=1S/C20H23N7O2S/c1-2-22-19(28)13-3-7-15(8-4-13)27-16(11-21-12-17-23-9-10-30-17)18(25-26-27)20(29)24-14-5-6-14/h3-4,7-10,14,21H,2,5-6,11-12H2,1H3,(H,22,28)(H,24,29). The molecule has 0 spiro atoms. The Balaban J connectivity index is 1.56. The highest BCUT2D eigenvalue weighted by atomic mass is 32.1. The Hall–Kier alpha value is -3.11. The van der Waals surface area contributed by atoms with E-state index in [2.05, 4.69) is 31.2 Å². The van der Waals surface area contributed by atoms with Gasteiger partial charge in [0.1, 0.15) is 5.01 Å². The summed E-state index contributed by atoms with van der Waals surface area (Å²) in [6, 6.07) is 7.30. The van der Waals surface area contributed by atoms with Crippen molar-refractivity contribution in [2.45, 2.75) is 38.9 Å². The maximum Gasteiger partial charge on any atom is 0.274 e. The van der Waals surface area contributed by atoms with Gasteiger partial charge >= 0.3 is 0 Å². The highest BCUT2D eigenvalue weighted by Crippen LogP contribution is 2.20. The number of benzene rings is 1. The second-order valence-corrected chi connectivity index (χ2v) is 7.96. The van der Waals surface area contributed by atoms with Gasteiger partial charge in [0.25, 0.3) is 11.8 Å². The van der Waals surface area contributed by atoms with Crippen LogP contribution in [0.1, 0.15) is 51.3 Å². The second-order valence-electron chi connectivity index (χ2n) is 6.98. The first-order valence-corrected chi connectivity index (χ1v) is 10.8. The van der Waals surface area contributed by atoms with Gasteiger partial charge in [-0.05, 0) is 44.0 Å². The number of amides is 2. The predicted molar refractivity (Wildman–Crippen MR) is 113 cm³/mol. The molecule has 1 aliphatic rings. The lowest BCUT2D eigenvalue weighted by molar-refractivity contribution is 0.0940. The van der Waals surface area contributed by atoms with Crippen molar-refractivity contribution in [3.05, 3.63) is 57.8 Å². The van der Waals surface area contributed by atoms with Crippen molar-refractivity contribution < 1.29 is 9.59 Å². The quantitative estimate of drug-likeness (QED) is 0.480. The zero-order valence-corrected chi connectivity index (χ0v) is 17.4. The molecule has 0 saturated heterocycles. The topological polar surface area (TPSA) is 114 Å². The third kappa shape index (κ3) is 4.71. The molecular weight excluding hydrogens is 402 g/mol. The molecule has 0 bridgehead atoms. The van der Waals surface area contributed by atoms with Crippen LogP contribution < -0.4 is 16.0 Å². The maximum atomic E-state index is 12.6. The molecule has 9 nitrogen and oxygen atoms in total. The van der Waals surface area contributed by atoms with E-state index >= 15 is 0 Å². The second kappa shape index (κ2) is 9.14. The van der Waals surface area contributed by atoms with Crippen molar-refractivity contribution in [2.75, 3.05) is 6.54 Å².